The van der Waals surface area contributed by atoms with Crippen molar-refractivity contribution in [3.8, 4) is 0 Å². The fraction of sp³-hybridized carbons (Fsp3) is 0.292. The molecule has 1 saturated heterocycles. The standard InChI is InChI=1S/C24H25ClN2/c1-18-8-10-19(11-9-18)15-20-12-13-23(26-16-20)24-7-4-14-27(24)17-21-5-2-3-6-22(21)25/h2-3,5-6,8-13,16,24H,4,7,14-15,17H2,1H3/t24-/m0/s1. The minimum absolute atomic E-state index is 0.384. The van der Waals surface area contributed by atoms with Gasteiger partial charge in [-0.05, 0) is 61.6 Å². The summed E-state index contributed by atoms with van der Waals surface area (Å²) in [6.07, 6.45) is 5.35. The highest BCUT2D eigenvalue weighted by molar-refractivity contribution is 6.31. The molecule has 0 spiro atoms. The van der Waals surface area contributed by atoms with Crippen molar-refractivity contribution in [3.05, 3.63) is 99.8 Å². The molecule has 4 rings (SSSR count). The topological polar surface area (TPSA) is 16.1 Å². The van der Waals surface area contributed by atoms with Crippen LogP contribution in [0.1, 0.15) is 46.8 Å². The Bertz CT molecular complexity index is 887. The highest BCUT2D eigenvalue weighted by Gasteiger charge is 2.27. The second-order valence-electron chi connectivity index (χ2n) is 7.47. The maximum atomic E-state index is 6.36. The molecule has 3 heteroatoms. The molecule has 0 radical (unpaired) electrons. The third-order valence-corrected chi connectivity index (χ3v) is 5.78. The summed E-state index contributed by atoms with van der Waals surface area (Å²) in [5.41, 5.74) is 6.26. The Morgan fingerprint density at radius 2 is 1.78 bits per heavy atom. The van der Waals surface area contributed by atoms with Gasteiger partial charge in [0.15, 0.2) is 0 Å². The summed E-state index contributed by atoms with van der Waals surface area (Å²) in [7, 11) is 0. The highest BCUT2D eigenvalue weighted by atomic mass is 35.5. The summed E-state index contributed by atoms with van der Waals surface area (Å²) in [4.78, 5) is 7.32. The first-order valence-electron chi connectivity index (χ1n) is 9.67. The third kappa shape index (κ3) is 4.40. The molecule has 138 valence electrons. The Balaban J connectivity index is 1.46. The van der Waals surface area contributed by atoms with Gasteiger partial charge in [-0.1, -0.05) is 65.7 Å². The molecule has 0 saturated carbocycles. The number of likely N-dealkylation sites (tertiary alicyclic amines) is 1. The lowest BCUT2D eigenvalue weighted by molar-refractivity contribution is 0.244. The number of rotatable bonds is 5. The van der Waals surface area contributed by atoms with E-state index >= 15 is 0 Å². The molecule has 0 bridgehead atoms. The van der Waals surface area contributed by atoms with Crippen LogP contribution >= 0.6 is 11.6 Å². The van der Waals surface area contributed by atoms with Crippen LogP contribution < -0.4 is 0 Å². The van der Waals surface area contributed by atoms with Gasteiger partial charge in [0.25, 0.3) is 0 Å². The first kappa shape index (κ1) is 18.2. The number of hydrogen-bond acceptors (Lipinski definition) is 2. The van der Waals surface area contributed by atoms with Gasteiger partial charge in [0.05, 0.1) is 11.7 Å². The number of benzene rings is 2. The van der Waals surface area contributed by atoms with E-state index in [1.165, 1.54) is 34.4 Å². The van der Waals surface area contributed by atoms with E-state index in [4.69, 9.17) is 16.6 Å². The predicted octanol–water partition coefficient (Wildman–Crippen LogP) is 5.97. The van der Waals surface area contributed by atoms with Gasteiger partial charge in [0.1, 0.15) is 0 Å². The van der Waals surface area contributed by atoms with Gasteiger partial charge >= 0.3 is 0 Å². The van der Waals surface area contributed by atoms with Gasteiger partial charge in [0, 0.05) is 17.8 Å². The monoisotopic (exact) mass is 376 g/mol. The Morgan fingerprint density at radius 1 is 1.00 bits per heavy atom. The fourth-order valence-corrected chi connectivity index (χ4v) is 4.07. The van der Waals surface area contributed by atoms with Crippen LogP contribution in [0.5, 0.6) is 0 Å². The molecule has 2 nitrogen and oxygen atoms in total. The van der Waals surface area contributed by atoms with E-state index in [1.807, 2.05) is 18.3 Å². The number of nitrogens with zero attached hydrogens (tertiary/aromatic N) is 2. The van der Waals surface area contributed by atoms with Crippen LogP contribution in [0.3, 0.4) is 0 Å². The van der Waals surface area contributed by atoms with E-state index in [-0.39, 0.29) is 0 Å². The summed E-state index contributed by atoms with van der Waals surface area (Å²) < 4.78 is 0. The first-order chi connectivity index (χ1) is 13.2. The van der Waals surface area contributed by atoms with Gasteiger partial charge < -0.3 is 0 Å². The maximum Gasteiger partial charge on any atom is 0.0575 e. The number of aromatic nitrogens is 1. The minimum Gasteiger partial charge on any atom is -0.290 e. The van der Waals surface area contributed by atoms with Crippen LogP contribution in [0.4, 0.5) is 0 Å². The van der Waals surface area contributed by atoms with Crippen LogP contribution in [0, 0.1) is 6.92 Å². The van der Waals surface area contributed by atoms with Crippen molar-refractivity contribution in [2.75, 3.05) is 6.54 Å². The molecule has 2 aromatic carbocycles. The summed E-state index contributed by atoms with van der Waals surface area (Å²) in [6, 6.07) is 21.7. The zero-order chi connectivity index (χ0) is 18.6. The second-order valence-corrected chi connectivity index (χ2v) is 7.88. The molecular weight excluding hydrogens is 352 g/mol. The summed E-state index contributed by atoms with van der Waals surface area (Å²) in [6.45, 7) is 4.11. The first-order valence-corrected chi connectivity index (χ1v) is 10.0. The molecule has 1 aromatic heterocycles. The van der Waals surface area contributed by atoms with Gasteiger partial charge in [0.2, 0.25) is 0 Å². The lowest BCUT2D eigenvalue weighted by Crippen LogP contribution is -2.23. The minimum atomic E-state index is 0.384. The molecule has 0 aliphatic carbocycles. The van der Waals surface area contributed by atoms with Crippen LogP contribution in [0.15, 0.2) is 66.9 Å². The molecule has 0 amide bonds. The van der Waals surface area contributed by atoms with Gasteiger partial charge in [-0.15, -0.1) is 0 Å². The SMILES string of the molecule is Cc1ccc(Cc2ccc([C@@H]3CCCN3Cc3ccccc3Cl)nc2)cc1. The summed E-state index contributed by atoms with van der Waals surface area (Å²) in [5, 5.41) is 0.851. The van der Waals surface area contributed by atoms with Gasteiger partial charge in [-0.2, -0.15) is 0 Å². The zero-order valence-electron chi connectivity index (χ0n) is 15.7. The molecule has 0 N–H and O–H groups in total. The van der Waals surface area contributed by atoms with Crippen molar-refractivity contribution in [3.63, 3.8) is 0 Å². The average Bonchev–Trinajstić information content (AvgIpc) is 3.14. The molecule has 1 aliphatic heterocycles. The van der Waals surface area contributed by atoms with E-state index in [9.17, 15) is 0 Å². The molecule has 27 heavy (non-hydrogen) atoms. The molecule has 2 heterocycles. The largest absolute Gasteiger partial charge is 0.290 e. The lowest BCUT2D eigenvalue weighted by atomic mass is 10.0. The molecule has 1 atom stereocenters. The Morgan fingerprint density at radius 3 is 2.52 bits per heavy atom. The summed E-state index contributed by atoms with van der Waals surface area (Å²) >= 11 is 6.36. The highest BCUT2D eigenvalue weighted by Crippen LogP contribution is 2.33. The Kier molecular flexibility index (Phi) is 5.56. The summed E-state index contributed by atoms with van der Waals surface area (Å²) in [5.74, 6) is 0. The van der Waals surface area contributed by atoms with Crippen molar-refractivity contribution in [2.45, 2.75) is 38.8 Å². The fourth-order valence-electron chi connectivity index (χ4n) is 3.87. The smallest absolute Gasteiger partial charge is 0.0575 e. The number of halogens is 1. The van der Waals surface area contributed by atoms with E-state index < -0.39 is 0 Å². The molecule has 3 aromatic rings. The van der Waals surface area contributed by atoms with E-state index in [0.717, 1.165) is 31.0 Å². The zero-order valence-corrected chi connectivity index (χ0v) is 16.5. The molecule has 0 unspecified atom stereocenters. The Labute approximate surface area is 166 Å². The normalized spacial score (nSPS) is 17.3. The van der Waals surface area contributed by atoms with Crippen molar-refractivity contribution < 1.29 is 0 Å². The van der Waals surface area contributed by atoms with Gasteiger partial charge in [-0.3, -0.25) is 9.88 Å². The predicted molar refractivity (Wildman–Crippen MR) is 112 cm³/mol. The van der Waals surface area contributed by atoms with Gasteiger partial charge in [-0.25, -0.2) is 0 Å². The quantitative estimate of drug-likeness (QED) is 0.545. The van der Waals surface area contributed by atoms with Crippen molar-refractivity contribution in [1.82, 2.24) is 9.88 Å². The lowest BCUT2D eigenvalue weighted by Gasteiger charge is -2.24. The van der Waals surface area contributed by atoms with Crippen LogP contribution in [0.25, 0.3) is 0 Å². The molecular formula is C24H25ClN2. The Hall–Kier alpha value is -2.16. The third-order valence-electron chi connectivity index (χ3n) is 5.41. The number of aryl methyl sites for hydroxylation is 1. The number of hydrogen-bond donors (Lipinski definition) is 0. The van der Waals surface area contributed by atoms with E-state index in [1.54, 1.807) is 0 Å². The van der Waals surface area contributed by atoms with Crippen LogP contribution in [-0.4, -0.2) is 16.4 Å². The number of pyridine rings is 1. The van der Waals surface area contributed by atoms with Crippen LogP contribution in [0.2, 0.25) is 5.02 Å². The second kappa shape index (κ2) is 8.24. The van der Waals surface area contributed by atoms with Crippen LogP contribution in [-0.2, 0) is 13.0 Å². The maximum absolute atomic E-state index is 6.36. The molecule has 1 aliphatic rings. The molecule has 1 fully saturated rings. The van der Waals surface area contributed by atoms with E-state index in [2.05, 4.69) is 60.4 Å². The van der Waals surface area contributed by atoms with Crippen molar-refractivity contribution in [2.24, 2.45) is 0 Å². The van der Waals surface area contributed by atoms with Crippen molar-refractivity contribution >= 4 is 11.6 Å². The average molecular weight is 377 g/mol. The van der Waals surface area contributed by atoms with E-state index in [0.29, 0.717) is 6.04 Å². The van der Waals surface area contributed by atoms with Crippen molar-refractivity contribution in [1.29, 1.82) is 0 Å².